The monoisotopic (exact) mass is 343 g/mol. The summed E-state index contributed by atoms with van der Waals surface area (Å²) < 4.78 is 0. The number of piperidine rings is 1. The van der Waals surface area contributed by atoms with Crippen molar-refractivity contribution in [2.45, 2.75) is 26.7 Å². The molecule has 126 valence electrons. The van der Waals surface area contributed by atoms with Crippen LogP contribution in [0.5, 0.6) is 0 Å². The Bertz CT molecular complexity index is 747. The van der Waals surface area contributed by atoms with Crippen molar-refractivity contribution in [2.24, 2.45) is 5.92 Å². The second-order valence-electron chi connectivity index (χ2n) is 6.51. The molecule has 1 aromatic heterocycles. The predicted octanol–water partition coefficient (Wildman–Crippen LogP) is 4.53. The molecule has 1 atom stereocenters. The molecule has 2 heterocycles. The smallest absolute Gasteiger partial charge is 0.274 e. The zero-order valence-corrected chi connectivity index (χ0v) is 14.8. The van der Waals surface area contributed by atoms with Gasteiger partial charge in [-0.3, -0.25) is 9.78 Å². The van der Waals surface area contributed by atoms with Crippen LogP contribution in [0.15, 0.2) is 36.5 Å². The normalized spacial score (nSPS) is 17.6. The number of hydrogen-bond acceptors (Lipinski definition) is 3. The van der Waals surface area contributed by atoms with Gasteiger partial charge in [-0.15, -0.1) is 0 Å². The van der Waals surface area contributed by atoms with Crippen molar-refractivity contribution in [3.05, 3.63) is 52.8 Å². The van der Waals surface area contributed by atoms with E-state index in [1.807, 2.05) is 31.2 Å². The van der Waals surface area contributed by atoms with Crippen molar-refractivity contribution in [1.29, 1.82) is 0 Å². The number of aromatic nitrogens is 1. The van der Waals surface area contributed by atoms with Crippen molar-refractivity contribution in [3.63, 3.8) is 0 Å². The van der Waals surface area contributed by atoms with Gasteiger partial charge in [-0.05, 0) is 55.5 Å². The minimum Gasteiger partial charge on any atom is -0.371 e. The summed E-state index contributed by atoms with van der Waals surface area (Å²) in [5.41, 5.74) is 3.16. The zero-order chi connectivity index (χ0) is 17.1. The van der Waals surface area contributed by atoms with Crippen LogP contribution < -0.4 is 10.2 Å². The van der Waals surface area contributed by atoms with Crippen molar-refractivity contribution >= 4 is 28.9 Å². The number of nitrogens with one attached hydrogen (secondary N) is 1. The van der Waals surface area contributed by atoms with Crippen molar-refractivity contribution in [1.82, 2.24) is 4.98 Å². The molecule has 1 aliphatic rings. The van der Waals surface area contributed by atoms with Crippen LogP contribution in [-0.2, 0) is 0 Å². The molecular formula is C19H22ClN3O. The van der Waals surface area contributed by atoms with Gasteiger partial charge >= 0.3 is 0 Å². The van der Waals surface area contributed by atoms with Crippen molar-refractivity contribution in [3.8, 4) is 0 Å². The van der Waals surface area contributed by atoms with E-state index in [1.165, 1.54) is 12.8 Å². The van der Waals surface area contributed by atoms with Crippen molar-refractivity contribution < 1.29 is 4.79 Å². The maximum atomic E-state index is 12.5. The number of halogens is 1. The van der Waals surface area contributed by atoms with Gasteiger partial charge < -0.3 is 10.2 Å². The lowest BCUT2D eigenvalue weighted by Crippen LogP contribution is -2.34. The van der Waals surface area contributed by atoms with Crippen LogP contribution in [0.1, 0.15) is 35.8 Å². The van der Waals surface area contributed by atoms with E-state index in [-0.39, 0.29) is 5.91 Å². The summed E-state index contributed by atoms with van der Waals surface area (Å²) in [7, 11) is 0. The molecule has 3 rings (SSSR count). The Morgan fingerprint density at radius 2 is 2.17 bits per heavy atom. The third-order valence-electron chi connectivity index (χ3n) is 4.45. The van der Waals surface area contributed by atoms with Gasteiger partial charge in [0.05, 0.1) is 0 Å². The van der Waals surface area contributed by atoms with E-state index in [9.17, 15) is 4.79 Å². The molecule has 1 N–H and O–H groups in total. The number of aryl methyl sites for hydroxylation is 1. The first kappa shape index (κ1) is 16.8. The maximum absolute atomic E-state index is 12.5. The highest BCUT2D eigenvalue weighted by molar-refractivity contribution is 6.31. The van der Waals surface area contributed by atoms with Gasteiger partial charge in [0.1, 0.15) is 5.69 Å². The van der Waals surface area contributed by atoms with E-state index in [2.05, 4.69) is 22.1 Å². The summed E-state index contributed by atoms with van der Waals surface area (Å²) >= 11 is 6.01. The van der Waals surface area contributed by atoms with Crippen LogP contribution in [0.4, 0.5) is 11.4 Å². The number of carbonyl (C=O) groups is 1. The van der Waals surface area contributed by atoms with Gasteiger partial charge in [0.2, 0.25) is 0 Å². The molecule has 4 nitrogen and oxygen atoms in total. The Hall–Kier alpha value is -2.07. The van der Waals surface area contributed by atoms with E-state index >= 15 is 0 Å². The lowest BCUT2D eigenvalue weighted by atomic mass is 10.00. The highest BCUT2D eigenvalue weighted by Crippen LogP contribution is 2.24. The number of benzene rings is 1. The summed E-state index contributed by atoms with van der Waals surface area (Å²) in [5.74, 6) is 0.463. The first-order valence-corrected chi connectivity index (χ1v) is 8.69. The molecule has 24 heavy (non-hydrogen) atoms. The molecule has 5 heteroatoms. The van der Waals surface area contributed by atoms with Crippen LogP contribution in [0.25, 0.3) is 0 Å². The fourth-order valence-corrected chi connectivity index (χ4v) is 3.25. The number of anilines is 2. The first-order chi connectivity index (χ1) is 11.5. The van der Waals surface area contributed by atoms with Crippen LogP contribution in [0.3, 0.4) is 0 Å². The molecule has 0 saturated carbocycles. The molecule has 1 amide bonds. The molecule has 1 aromatic carbocycles. The predicted molar refractivity (Wildman–Crippen MR) is 99.0 cm³/mol. The summed E-state index contributed by atoms with van der Waals surface area (Å²) in [5, 5.41) is 3.50. The first-order valence-electron chi connectivity index (χ1n) is 8.31. The molecule has 1 fully saturated rings. The van der Waals surface area contributed by atoms with Gasteiger partial charge in [-0.2, -0.15) is 0 Å². The molecule has 1 saturated heterocycles. The Labute approximate surface area is 147 Å². The van der Waals surface area contributed by atoms with E-state index in [1.54, 1.807) is 12.3 Å². The second kappa shape index (κ2) is 7.22. The number of amides is 1. The van der Waals surface area contributed by atoms with Crippen LogP contribution >= 0.6 is 11.6 Å². The Morgan fingerprint density at radius 3 is 2.96 bits per heavy atom. The summed E-state index contributed by atoms with van der Waals surface area (Å²) in [6, 6.07) is 9.29. The quantitative estimate of drug-likeness (QED) is 0.890. The summed E-state index contributed by atoms with van der Waals surface area (Å²) in [4.78, 5) is 19.1. The largest absolute Gasteiger partial charge is 0.371 e. The average Bonchev–Trinajstić information content (AvgIpc) is 2.58. The standard InChI is InChI=1S/C19H22ClN3O/c1-13-4-3-9-23(12-13)16-7-8-21-18(11-16)19(24)22-17-10-15(20)6-5-14(17)2/h5-8,10-11,13H,3-4,9,12H2,1-2H3,(H,22,24). The minimum atomic E-state index is -0.215. The van der Waals surface area contributed by atoms with E-state index < -0.39 is 0 Å². The fraction of sp³-hybridized carbons (Fsp3) is 0.368. The highest BCUT2D eigenvalue weighted by Gasteiger charge is 2.18. The van der Waals surface area contributed by atoms with Gasteiger partial charge in [-0.25, -0.2) is 0 Å². The lowest BCUT2D eigenvalue weighted by molar-refractivity contribution is 0.102. The number of nitrogens with zero attached hydrogens (tertiary/aromatic N) is 2. The molecular weight excluding hydrogens is 322 g/mol. The Morgan fingerprint density at radius 1 is 1.33 bits per heavy atom. The second-order valence-corrected chi connectivity index (χ2v) is 6.94. The molecule has 0 spiro atoms. The highest BCUT2D eigenvalue weighted by atomic mass is 35.5. The van der Waals surface area contributed by atoms with E-state index in [4.69, 9.17) is 11.6 Å². The molecule has 0 aliphatic carbocycles. The van der Waals surface area contributed by atoms with E-state index in [0.717, 1.165) is 24.3 Å². The topological polar surface area (TPSA) is 45.2 Å². The molecule has 2 aromatic rings. The van der Waals surface area contributed by atoms with Crippen LogP contribution in [0, 0.1) is 12.8 Å². The Balaban J connectivity index is 1.78. The summed E-state index contributed by atoms with van der Waals surface area (Å²) in [6.45, 7) is 6.26. The third-order valence-corrected chi connectivity index (χ3v) is 4.68. The fourth-order valence-electron chi connectivity index (χ4n) is 3.08. The molecule has 0 radical (unpaired) electrons. The van der Waals surface area contributed by atoms with Gasteiger partial charge in [0.15, 0.2) is 0 Å². The summed E-state index contributed by atoms with van der Waals surface area (Å²) in [6.07, 6.45) is 4.16. The molecule has 1 aliphatic heterocycles. The number of pyridine rings is 1. The SMILES string of the molecule is Cc1ccc(Cl)cc1NC(=O)c1cc(N2CCCC(C)C2)ccn1. The third kappa shape index (κ3) is 3.88. The maximum Gasteiger partial charge on any atom is 0.274 e. The van der Waals surface area contributed by atoms with Gasteiger partial charge in [0.25, 0.3) is 5.91 Å². The lowest BCUT2D eigenvalue weighted by Gasteiger charge is -2.32. The number of rotatable bonds is 3. The zero-order valence-electron chi connectivity index (χ0n) is 14.1. The minimum absolute atomic E-state index is 0.215. The van der Waals surface area contributed by atoms with Gasteiger partial charge in [-0.1, -0.05) is 24.6 Å². The van der Waals surface area contributed by atoms with Crippen molar-refractivity contribution in [2.75, 3.05) is 23.3 Å². The molecule has 0 bridgehead atoms. The van der Waals surface area contributed by atoms with E-state index in [0.29, 0.717) is 22.3 Å². The number of carbonyl (C=O) groups excluding carboxylic acids is 1. The average molecular weight is 344 g/mol. The van der Waals surface area contributed by atoms with Crippen LogP contribution in [0.2, 0.25) is 5.02 Å². The Kier molecular flexibility index (Phi) is 5.05. The van der Waals surface area contributed by atoms with Gasteiger partial charge in [0, 0.05) is 35.7 Å². The van der Waals surface area contributed by atoms with Crippen LogP contribution in [-0.4, -0.2) is 24.0 Å². The molecule has 1 unspecified atom stereocenters. The number of hydrogen-bond donors (Lipinski definition) is 1.